The number of rotatable bonds is 3. The second kappa shape index (κ2) is 8.26. The third kappa shape index (κ3) is 4.94. The van der Waals surface area contributed by atoms with E-state index >= 15 is 0 Å². The Hall–Kier alpha value is -1.61. The van der Waals surface area contributed by atoms with E-state index in [0.717, 1.165) is 31.6 Å². The average molecular weight is 433 g/mol. The van der Waals surface area contributed by atoms with Gasteiger partial charge in [-0.1, -0.05) is 19.9 Å². The summed E-state index contributed by atoms with van der Waals surface area (Å²) in [5.74, 6) is 0.730. The first-order valence-electron chi connectivity index (χ1n) is 9.94. The van der Waals surface area contributed by atoms with E-state index in [1.165, 1.54) is 10.4 Å². The van der Waals surface area contributed by atoms with Crippen molar-refractivity contribution in [2.24, 2.45) is 17.8 Å². The standard InChI is InChI=1S/C20H27F3N2O3S/c1-14-10-15(2)13-24(12-14)19(26)16-6-8-25(9-7-16)29(27,28)18-5-3-4-17(11-18)20(21,22)23/h3-5,11,14-16H,6-10,12-13H2,1-2H3/t14-,15-/m0/s1. The van der Waals surface area contributed by atoms with Gasteiger partial charge in [-0.05, 0) is 49.3 Å². The number of carbonyl (C=O) groups is 1. The van der Waals surface area contributed by atoms with Crippen molar-refractivity contribution < 1.29 is 26.4 Å². The number of amides is 1. The van der Waals surface area contributed by atoms with Gasteiger partial charge in [0.1, 0.15) is 0 Å². The first kappa shape index (κ1) is 22.1. The van der Waals surface area contributed by atoms with Crippen LogP contribution < -0.4 is 0 Å². The van der Waals surface area contributed by atoms with Gasteiger partial charge in [0, 0.05) is 32.1 Å². The van der Waals surface area contributed by atoms with Crippen molar-refractivity contribution in [3.05, 3.63) is 29.8 Å². The largest absolute Gasteiger partial charge is 0.416 e. The fraction of sp³-hybridized carbons (Fsp3) is 0.650. The van der Waals surface area contributed by atoms with Crippen LogP contribution in [0.4, 0.5) is 13.2 Å². The smallest absolute Gasteiger partial charge is 0.342 e. The Balaban J connectivity index is 1.66. The van der Waals surface area contributed by atoms with Crippen LogP contribution in [-0.4, -0.2) is 49.7 Å². The third-order valence-electron chi connectivity index (χ3n) is 5.78. The molecule has 0 unspecified atom stereocenters. The van der Waals surface area contributed by atoms with Crippen LogP contribution >= 0.6 is 0 Å². The lowest BCUT2D eigenvalue weighted by molar-refractivity contribution is -0.139. The van der Waals surface area contributed by atoms with Crippen molar-refractivity contribution in [3.8, 4) is 0 Å². The number of sulfonamides is 1. The summed E-state index contributed by atoms with van der Waals surface area (Å²) in [6, 6.07) is 3.80. The summed E-state index contributed by atoms with van der Waals surface area (Å²) >= 11 is 0. The van der Waals surface area contributed by atoms with Gasteiger partial charge in [-0.15, -0.1) is 0 Å². The Morgan fingerprint density at radius 1 is 1.07 bits per heavy atom. The monoisotopic (exact) mass is 432 g/mol. The van der Waals surface area contributed by atoms with Gasteiger partial charge in [0.2, 0.25) is 15.9 Å². The number of hydrogen-bond donors (Lipinski definition) is 0. The molecule has 9 heteroatoms. The van der Waals surface area contributed by atoms with Gasteiger partial charge in [0.05, 0.1) is 10.5 Å². The van der Waals surface area contributed by atoms with Crippen molar-refractivity contribution in [2.45, 2.75) is 44.2 Å². The highest BCUT2D eigenvalue weighted by atomic mass is 32.2. The van der Waals surface area contributed by atoms with Gasteiger partial charge in [0.25, 0.3) is 0 Å². The summed E-state index contributed by atoms with van der Waals surface area (Å²) in [5, 5.41) is 0. The number of likely N-dealkylation sites (tertiary alicyclic amines) is 1. The Morgan fingerprint density at radius 3 is 2.21 bits per heavy atom. The van der Waals surface area contributed by atoms with Gasteiger partial charge in [0.15, 0.2) is 0 Å². The van der Waals surface area contributed by atoms with Crippen LogP contribution in [0.15, 0.2) is 29.2 Å². The van der Waals surface area contributed by atoms with Crippen molar-refractivity contribution >= 4 is 15.9 Å². The molecule has 2 atom stereocenters. The van der Waals surface area contributed by atoms with Crippen LogP contribution in [0.2, 0.25) is 0 Å². The number of alkyl halides is 3. The van der Waals surface area contributed by atoms with E-state index in [9.17, 15) is 26.4 Å². The molecule has 2 fully saturated rings. The van der Waals surface area contributed by atoms with Crippen molar-refractivity contribution in [1.82, 2.24) is 9.21 Å². The molecule has 0 spiro atoms. The molecule has 0 bridgehead atoms. The average Bonchev–Trinajstić information content (AvgIpc) is 2.66. The minimum Gasteiger partial charge on any atom is -0.342 e. The molecule has 29 heavy (non-hydrogen) atoms. The predicted molar refractivity (Wildman–Crippen MR) is 102 cm³/mol. The summed E-state index contributed by atoms with van der Waals surface area (Å²) in [6.07, 6.45) is -2.74. The Morgan fingerprint density at radius 2 is 1.66 bits per heavy atom. The SMILES string of the molecule is C[C@H]1C[C@H](C)CN(C(=O)C2CCN(S(=O)(=O)c3cccc(C(F)(F)F)c3)CC2)C1. The molecule has 1 amide bonds. The van der Waals surface area contributed by atoms with E-state index in [0.29, 0.717) is 30.7 Å². The molecule has 0 aromatic heterocycles. The Labute approximate surface area is 169 Å². The number of hydrogen-bond acceptors (Lipinski definition) is 3. The molecule has 0 aliphatic carbocycles. The molecule has 3 rings (SSSR count). The molecule has 2 saturated heterocycles. The lowest BCUT2D eigenvalue weighted by Gasteiger charge is -2.39. The van der Waals surface area contributed by atoms with E-state index in [1.807, 2.05) is 4.90 Å². The van der Waals surface area contributed by atoms with Crippen molar-refractivity contribution in [3.63, 3.8) is 0 Å². The molecular weight excluding hydrogens is 405 g/mol. The van der Waals surface area contributed by atoms with E-state index < -0.39 is 21.8 Å². The van der Waals surface area contributed by atoms with Crippen LogP contribution in [0.5, 0.6) is 0 Å². The number of benzene rings is 1. The molecule has 162 valence electrons. The summed E-state index contributed by atoms with van der Waals surface area (Å²) in [7, 11) is -4.03. The number of nitrogens with zero attached hydrogens (tertiary/aromatic N) is 2. The minimum atomic E-state index is -4.60. The molecule has 2 heterocycles. The fourth-order valence-corrected chi connectivity index (χ4v) is 5.94. The van der Waals surface area contributed by atoms with Crippen LogP contribution in [0.1, 0.15) is 38.7 Å². The second-order valence-corrected chi connectivity index (χ2v) is 10.3. The van der Waals surface area contributed by atoms with E-state index in [1.54, 1.807) is 0 Å². The van der Waals surface area contributed by atoms with Gasteiger partial charge in [-0.25, -0.2) is 8.42 Å². The van der Waals surface area contributed by atoms with Gasteiger partial charge in [-0.2, -0.15) is 17.5 Å². The van der Waals surface area contributed by atoms with Gasteiger partial charge < -0.3 is 4.90 Å². The molecule has 2 aliphatic heterocycles. The number of halogens is 3. The maximum atomic E-state index is 12.9. The molecule has 1 aromatic rings. The van der Waals surface area contributed by atoms with Crippen LogP contribution in [0.3, 0.4) is 0 Å². The van der Waals surface area contributed by atoms with Crippen LogP contribution in [-0.2, 0) is 21.0 Å². The van der Waals surface area contributed by atoms with E-state index in [2.05, 4.69) is 13.8 Å². The quantitative estimate of drug-likeness (QED) is 0.733. The summed E-state index contributed by atoms with van der Waals surface area (Å²) in [6.45, 7) is 5.97. The lowest BCUT2D eigenvalue weighted by atomic mass is 9.89. The fourth-order valence-electron chi connectivity index (χ4n) is 4.43. The molecule has 2 aliphatic rings. The maximum absolute atomic E-state index is 12.9. The van der Waals surface area contributed by atoms with Crippen molar-refractivity contribution in [1.29, 1.82) is 0 Å². The van der Waals surface area contributed by atoms with Crippen molar-refractivity contribution in [2.75, 3.05) is 26.2 Å². The Kier molecular flexibility index (Phi) is 6.29. The summed E-state index contributed by atoms with van der Waals surface area (Å²) in [5.41, 5.74) is -0.989. The highest BCUT2D eigenvalue weighted by molar-refractivity contribution is 7.89. The zero-order chi connectivity index (χ0) is 21.4. The second-order valence-electron chi connectivity index (χ2n) is 8.39. The topological polar surface area (TPSA) is 57.7 Å². The van der Waals surface area contributed by atoms with Gasteiger partial charge >= 0.3 is 6.18 Å². The first-order chi connectivity index (χ1) is 13.5. The zero-order valence-electron chi connectivity index (χ0n) is 16.7. The first-order valence-corrected chi connectivity index (χ1v) is 11.4. The highest BCUT2D eigenvalue weighted by Crippen LogP contribution is 2.32. The predicted octanol–water partition coefficient (Wildman–Crippen LogP) is 3.61. The van der Waals surface area contributed by atoms with E-state index in [-0.39, 0.29) is 29.8 Å². The third-order valence-corrected chi connectivity index (χ3v) is 7.68. The molecule has 0 radical (unpaired) electrons. The zero-order valence-corrected chi connectivity index (χ0v) is 17.5. The highest BCUT2D eigenvalue weighted by Gasteiger charge is 2.37. The summed E-state index contributed by atoms with van der Waals surface area (Å²) < 4.78 is 65.5. The molecule has 5 nitrogen and oxygen atoms in total. The van der Waals surface area contributed by atoms with E-state index in [4.69, 9.17) is 0 Å². The lowest BCUT2D eigenvalue weighted by Crippen LogP contribution is -2.48. The molecule has 0 N–H and O–H groups in total. The van der Waals surface area contributed by atoms with Crippen LogP contribution in [0.25, 0.3) is 0 Å². The minimum absolute atomic E-state index is 0.0690. The normalized spacial score (nSPS) is 25.2. The number of carbonyl (C=O) groups excluding carboxylic acids is 1. The number of piperidine rings is 2. The molecule has 1 aromatic carbocycles. The maximum Gasteiger partial charge on any atom is 0.416 e. The molecule has 0 saturated carbocycles. The van der Waals surface area contributed by atoms with Gasteiger partial charge in [-0.3, -0.25) is 4.79 Å². The van der Waals surface area contributed by atoms with Crippen LogP contribution in [0, 0.1) is 17.8 Å². The molecular formula is C20H27F3N2O3S. The summed E-state index contributed by atoms with van der Waals surface area (Å²) in [4.78, 5) is 14.4. The Bertz CT molecular complexity index is 839.